The number of hydrogen-bond acceptors (Lipinski definition) is 3. The summed E-state index contributed by atoms with van der Waals surface area (Å²) in [6.45, 7) is 2.18. The lowest BCUT2D eigenvalue weighted by Gasteiger charge is -2.09. The van der Waals surface area contributed by atoms with Crippen molar-refractivity contribution in [3.8, 4) is 0 Å². The number of nitrogens with zero attached hydrogens (tertiary/aromatic N) is 2. The van der Waals surface area contributed by atoms with E-state index < -0.39 is 0 Å². The largest absolute Gasteiger partial charge is 0.316 e. The van der Waals surface area contributed by atoms with Gasteiger partial charge in [0.1, 0.15) is 12.2 Å². The highest BCUT2D eigenvalue weighted by Gasteiger charge is 2.15. The molecule has 1 unspecified atom stereocenters. The van der Waals surface area contributed by atoms with Crippen LogP contribution < -0.4 is 5.32 Å². The van der Waals surface area contributed by atoms with Crippen LogP contribution in [0, 0.1) is 0 Å². The maximum absolute atomic E-state index is 4.17. The molecule has 1 aromatic heterocycles. The number of aromatic amines is 1. The first kappa shape index (κ1) is 7.73. The summed E-state index contributed by atoms with van der Waals surface area (Å²) in [6, 6.07) is 0. The predicted molar refractivity (Wildman–Crippen MR) is 45.8 cm³/mol. The fourth-order valence-corrected chi connectivity index (χ4v) is 1.66. The average molecular weight is 166 g/mol. The van der Waals surface area contributed by atoms with Gasteiger partial charge in [0.05, 0.1) is 0 Å². The van der Waals surface area contributed by atoms with E-state index in [9.17, 15) is 0 Å². The number of rotatable bonds is 1. The summed E-state index contributed by atoms with van der Waals surface area (Å²) in [5.74, 6) is 1.57. The molecule has 12 heavy (non-hydrogen) atoms. The lowest BCUT2D eigenvalue weighted by atomic mass is 10.0. The molecule has 1 aromatic rings. The van der Waals surface area contributed by atoms with Crippen molar-refractivity contribution in [3.63, 3.8) is 0 Å². The SMILES string of the molecule is c1n[nH]c(C2CCCCNC2)n1. The zero-order valence-electron chi connectivity index (χ0n) is 7.08. The minimum Gasteiger partial charge on any atom is -0.316 e. The summed E-state index contributed by atoms with van der Waals surface area (Å²) in [4.78, 5) is 4.17. The van der Waals surface area contributed by atoms with E-state index in [1.807, 2.05) is 0 Å². The minimum atomic E-state index is 0.537. The number of nitrogens with one attached hydrogen (secondary N) is 2. The molecule has 0 amide bonds. The Bertz CT molecular complexity index is 211. The monoisotopic (exact) mass is 166 g/mol. The highest BCUT2D eigenvalue weighted by Crippen LogP contribution is 2.19. The molecule has 2 heterocycles. The predicted octanol–water partition coefficient (Wildman–Crippen LogP) is 0.662. The molecule has 0 spiro atoms. The van der Waals surface area contributed by atoms with Gasteiger partial charge in [-0.15, -0.1) is 0 Å². The standard InChI is InChI=1S/C8H14N4/c1-2-4-9-5-7(3-1)8-10-6-11-12-8/h6-7,9H,1-5H2,(H,10,11,12). The molecule has 2 rings (SSSR count). The maximum atomic E-state index is 4.17. The van der Waals surface area contributed by atoms with Gasteiger partial charge in [-0.1, -0.05) is 6.42 Å². The van der Waals surface area contributed by atoms with Crippen molar-refractivity contribution in [1.29, 1.82) is 0 Å². The second kappa shape index (κ2) is 3.67. The number of H-pyrrole nitrogens is 1. The Hall–Kier alpha value is -0.900. The average Bonchev–Trinajstić information content (AvgIpc) is 2.48. The summed E-state index contributed by atoms with van der Waals surface area (Å²) in [5, 5.41) is 10.2. The fourth-order valence-electron chi connectivity index (χ4n) is 1.66. The highest BCUT2D eigenvalue weighted by molar-refractivity contribution is 4.94. The molecule has 0 saturated carbocycles. The lowest BCUT2D eigenvalue weighted by molar-refractivity contribution is 0.580. The summed E-state index contributed by atoms with van der Waals surface area (Å²) in [5.41, 5.74) is 0. The van der Waals surface area contributed by atoms with E-state index in [0.29, 0.717) is 5.92 Å². The third kappa shape index (κ3) is 1.64. The first-order valence-corrected chi connectivity index (χ1v) is 4.53. The zero-order chi connectivity index (χ0) is 8.23. The van der Waals surface area contributed by atoms with E-state index in [-0.39, 0.29) is 0 Å². The molecule has 66 valence electrons. The summed E-state index contributed by atoms with van der Waals surface area (Å²) >= 11 is 0. The van der Waals surface area contributed by atoms with Crippen molar-refractivity contribution >= 4 is 0 Å². The molecule has 1 aliphatic heterocycles. The smallest absolute Gasteiger partial charge is 0.137 e. The minimum absolute atomic E-state index is 0.537. The van der Waals surface area contributed by atoms with Crippen molar-refractivity contribution in [2.75, 3.05) is 13.1 Å². The zero-order valence-corrected chi connectivity index (χ0v) is 7.08. The Morgan fingerprint density at radius 1 is 1.42 bits per heavy atom. The molecule has 4 heteroatoms. The Morgan fingerprint density at radius 3 is 3.25 bits per heavy atom. The molecule has 2 N–H and O–H groups in total. The van der Waals surface area contributed by atoms with Crippen molar-refractivity contribution in [2.24, 2.45) is 0 Å². The van der Waals surface area contributed by atoms with Crippen LogP contribution in [0.15, 0.2) is 6.33 Å². The topological polar surface area (TPSA) is 53.6 Å². The Morgan fingerprint density at radius 2 is 2.42 bits per heavy atom. The van der Waals surface area contributed by atoms with Crippen LogP contribution in [0.2, 0.25) is 0 Å². The Labute approximate surface area is 71.8 Å². The van der Waals surface area contributed by atoms with Crippen LogP contribution in [0.4, 0.5) is 0 Å². The fraction of sp³-hybridized carbons (Fsp3) is 0.750. The van der Waals surface area contributed by atoms with Gasteiger partial charge in [0.2, 0.25) is 0 Å². The second-order valence-corrected chi connectivity index (χ2v) is 3.27. The summed E-state index contributed by atoms with van der Waals surface area (Å²) < 4.78 is 0. The van der Waals surface area contributed by atoms with Gasteiger partial charge in [-0.2, -0.15) is 5.10 Å². The van der Waals surface area contributed by atoms with Gasteiger partial charge in [0.15, 0.2) is 0 Å². The third-order valence-corrected chi connectivity index (χ3v) is 2.37. The van der Waals surface area contributed by atoms with Crippen LogP contribution in [-0.2, 0) is 0 Å². The molecule has 4 nitrogen and oxygen atoms in total. The number of aromatic nitrogens is 3. The molecule has 1 fully saturated rings. The van der Waals surface area contributed by atoms with Crippen molar-refractivity contribution in [3.05, 3.63) is 12.2 Å². The third-order valence-electron chi connectivity index (χ3n) is 2.37. The van der Waals surface area contributed by atoms with Crippen LogP contribution >= 0.6 is 0 Å². The Balaban J connectivity index is 2.02. The van der Waals surface area contributed by atoms with Crippen LogP contribution in [0.25, 0.3) is 0 Å². The van der Waals surface area contributed by atoms with Gasteiger partial charge in [0, 0.05) is 12.5 Å². The molecule has 1 atom stereocenters. The maximum Gasteiger partial charge on any atom is 0.137 e. The molecule has 0 radical (unpaired) electrons. The van der Waals surface area contributed by atoms with Crippen LogP contribution in [0.5, 0.6) is 0 Å². The molecular formula is C8H14N4. The molecule has 1 aliphatic rings. The van der Waals surface area contributed by atoms with Crippen molar-refractivity contribution < 1.29 is 0 Å². The molecule has 0 bridgehead atoms. The molecule has 1 saturated heterocycles. The normalized spacial score (nSPS) is 25.2. The van der Waals surface area contributed by atoms with Gasteiger partial charge in [-0.3, -0.25) is 5.10 Å². The van der Waals surface area contributed by atoms with Crippen LogP contribution in [0.3, 0.4) is 0 Å². The first-order chi connectivity index (χ1) is 5.97. The lowest BCUT2D eigenvalue weighted by Crippen LogP contribution is -2.20. The van der Waals surface area contributed by atoms with Gasteiger partial charge in [-0.25, -0.2) is 4.98 Å². The van der Waals surface area contributed by atoms with Gasteiger partial charge in [0.25, 0.3) is 0 Å². The molecular weight excluding hydrogens is 152 g/mol. The van der Waals surface area contributed by atoms with Crippen LogP contribution in [-0.4, -0.2) is 28.3 Å². The van der Waals surface area contributed by atoms with Gasteiger partial charge >= 0.3 is 0 Å². The summed E-state index contributed by atoms with van der Waals surface area (Å²) in [7, 11) is 0. The highest BCUT2D eigenvalue weighted by atomic mass is 15.2. The number of hydrogen-bond donors (Lipinski definition) is 2. The molecule has 0 aliphatic carbocycles. The molecule has 0 aromatic carbocycles. The van der Waals surface area contributed by atoms with E-state index in [2.05, 4.69) is 20.5 Å². The first-order valence-electron chi connectivity index (χ1n) is 4.53. The van der Waals surface area contributed by atoms with E-state index in [4.69, 9.17) is 0 Å². The van der Waals surface area contributed by atoms with Gasteiger partial charge < -0.3 is 5.32 Å². The van der Waals surface area contributed by atoms with Gasteiger partial charge in [-0.05, 0) is 19.4 Å². The van der Waals surface area contributed by atoms with Crippen molar-refractivity contribution in [1.82, 2.24) is 20.5 Å². The van der Waals surface area contributed by atoms with Crippen LogP contribution in [0.1, 0.15) is 31.0 Å². The second-order valence-electron chi connectivity index (χ2n) is 3.27. The van der Waals surface area contributed by atoms with Crippen molar-refractivity contribution in [2.45, 2.75) is 25.2 Å². The van der Waals surface area contributed by atoms with E-state index in [0.717, 1.165) is 18.9 Å². The summed E-state index contributed by atoms with van der Waals surface area (Å²) in [6.07, 6.45) is 5.38. The van der Waals surface area contributed by atoms with E-state index in [1.165, 1.54) is 19.3 Å². The van der Waals surface area contributed by atoms with E-state index >= 15 is 0 Å². The quantitative estimate of drug-likeness (QED) is 0.644. The Kier molecular flexibility index (Phi) is 2.36. The van der Waals surface area contributed by atoms with E-state index in [1.54, 1.807) is 6.33 Å².